The second kappa shape index (κ2) is 6.37. The van der Waals surface area contributed by atoms with Crippen LogP contribution in [-0.4, -0.2) is 18.1 Å². The van der Waals surface area contributed by atoms with Crippen molar-refractivity contribution in [2.75, 3.05) is 0 Å². The molecule has 1 saturated heterocycles. The molecule has 0 aromatic heterocycles. The van der Waals surface area contributed by atoms with E-state index < -0.39 is 0 Å². The molecule has 2 unspecified atom stereocenters. The van der Waals surface area contributed by atoms with E-state index >= 15 is 0 Å². The van der Waals surface area contributed by atoms with Gasteiger partial charge in [0.2, 0.25) is 0 Å². The van der Waals surface area contributed by atoms with Crippen LogP contribution in [-0.2, 0) is 16.1 Å². The van der Waals surface area contributed by atoms with E-state index in [0.717, 1.165) is 11.1 Å². The van der Waals surface area contributed by atoms with Crippen LogP contribution < -0.4 is 10.9 Å². The van der Waals surface area contributed by atoms with Gasteiger partial charge in [-0.2, -0.15) is 0 Å². The predicted octanol–water partition coefficient (Wildman–Crippen LogP) is 2.24. The van der Waals surface area contributed by atoms with Gasteiger partial charge < -0.3 is 4.74 Å². The van der Waals surface area contributed by atoms with Gasteiger partial charge >= 0.3 is 5.97 Å². The van der Waals surface area contributed by atoms with Crippen LogP contribution in [0, 0.1) is 19.8 Å². The molecule has 1 aromatic carbocycles. The Morgan fingerprint density at radius 3 is 2.50 bits per heavy atom. The average molecular weight is 276 g/mol. The van der Waals surface area contributed by atoms with Crippen molar-refractivity contribution >= 4 is 5.97 Å². The molecule has 2 rings (SSSR count). The Bertz CT molecular complexity index is 477. The number of ether oxygens (including phenoxy) is 1. The Hall–Kier alpha value is -1.39. The molecule has 0 radical (unpaired) electrons. The monoisotopic (exact) mass is 276 g/mol. The fourth-order valence-corrected chi connectivity index (χ4v) is 2.63. The third-order valence-corrected chi connectivity index (χ3v) is 4.12. The number of aryl methyl sites for hydroxylation is 2. The fourth-order valence-electron chi connectivity index (χ4n) is 2.63. The number of carbonyl (C=O) groups excluding carboxylic acids is 1. The fraction of sp³-hybridized carbons (Fsp3) is 0.562. The highest BCUT2D eigenvalue weighted by Crippen LogP contribution is 2.19. The average Bonchev–Trinajstić information content (AvgIpc) is 2.71. The molecule has 0 amide bonds. The van der Waals surface area contributed by atoms with E-state index in [-0.39, 0.29) is 11.9 Å². The predicted molar refractivity (Wildman–Crippen MR) is 79.0 cm³/mol. The molecule has 1 aliphatic heterocycles. The first-order chi connectivity index (χ1) is 9.47. The summed E-state index contributed by atoms with van der Waals surface area (Å²) < 4.78 is 5.43. The molecule has 20 heavy (non-hydrogen) atoms. The number of carbonyl (C=O) groups is 1. The lowest BCUT2D eigenvalue weighted by molar-refractivity contribution is -0.146. The van der Waals surface area contributed by atoms with Gasteiger partial charge in [0.1, 0.15) is 6.61 Å². The zero-order chi connectivity index (χ0) is 14.7. The summed E-state index contributed by atoms with van der Waals surface area (Å²) in [5.74, 6) is 0.154. The van der Waals surface area contributed by atoms with Crippen LogP contribution in [0.1, 0.15) is 37.0 Å². The van der Waals surface area contributed by atoms with Crippen molar-refractivity contribution in [2.45, 2.75) is 52.8 Å². The minimum absolute atomic E-state index is 0.125. The van der Waals surface area contributed by atoms with Crippen LogP contribution in [0.15, 0.2) is 18.2 Å². The molecule has 1 fully saturated rings. The molecule has 1 aromatic rings. The van der Waals surface area contributed by atoms with Crippen molar-refractivity contribution in [3.8, 4) is 0 Å². The topological polar surface area (TPSA) is 50.4 Å². The highest BCUT2D eigenvalue weighted by Gasteiger charge is 2.31. The van der Waals surface area contributed by atoms with Gasteiger partial charge in [-0.05, 0) is 38.8 Å². The first-order valence-electron chi connectivity index (χ1n) is 7.20. The Morgan fingerprint density at radius 2 is 1.85 bits per heavy atom. The summed E-state index contributed by atoms with van der Waals surface area (Å²) in [6, 6.07) is 6.79. The lowest BCUT2D eigenvalue weighted by Gasteiger charge is -2.17. The van der Waals surface area contributed by atoms with Crippen LogP contribution in [0.25, 0.3) is 0 Å². The lowest BCUT2D eigenvalue weighted by atomic mass is 9.93. The number of benzene rings is 1. The summed E-state index contributed by atoms with van der Waals surface area (Å²) in [7, 11) is 0. The second-order valence-corrected chi connectivity index (χ2v) is 5.82. The van der Waals surface area contributed by atoms with Gasteiger partial charge in [0, 0.05) is 18.0 Å². The number of rotatable bonds is 4. The summed E-state index contributed by atoms with van der Waals surface area (Å²) in [5.41, 5.74) is 9.75. The smallest absolute Gasteiger partial charge is 0.306 e. The quantitative estimate of drug-likeness (QED) is 0.828. The molecule has 0 spiro atoms. The van der Waals surface area contributed by atoms with E-state index in [1.165, 1.54) is 5.56 Å². The maximum atomic E-state index is 12.0. The number of esters is 1. The zero-order valence-corrected chi connectivity index (χ0v) is 12.7. The maximum Gasteiger partial charge on any atom is 0.306 e. The van der Waals surface area contributed by atoms with Gasteiger partial charge in [-0.15, -0.1) is 0 Å². The highest BCUT2D eigenvalue weighted by molar-refractivity contribution is 5.70. The molecule has 0 aliphatic carbocycles. The first kappa shape index (κ1) is 15.0. The van der Waals surface area contributed by atoms with Crippen molar-refractivity contribution in [3.05, 3.63) is 34.9 Å². The minimum Gasteiger partial charge on any atom is -0.461 e. The molecule has 2 N–H and O–H groups in total. The van der Waals surface area contributed by atoms with E-state index in [0.29, 0.717) is 25.1 Å². The summed E-state index contributed by atoms with van der Waals surface area (Å²) in [6.45, 7) is 8.61. The van der Waals surface area contributed by atoms with Crippen molar-refractivity contribution in [1.82, 2.24) is 10.9 Å². The van der Waals surface area contributed by atoms with Crippen LogP contribution in [0.4, 0.5) is 0 Å². The Labute approximate surface area is 120 Å². The van der Waals surface area contributed by atoms with Gasteiger partial charge in [-0.3, -0.25) is 15.6 Å². The molecule has 2 atom stereocenters. The van der Waals surface area contributed by atoms with Crippen LogP contribution >= 0.6 is 0 Å². The van der Waals surface area contributed by atoms with Crippen LogP contribution in [0.5, 0.6) is 0 Å². The Morgan fingerprint density at radius 1 is 1.20 bits per heavy atom. The molecule has 0 saturated carbocycles. The SMILES string of the molecule is Cc1ccc(C)c(COC(=O)CC2C(C)NNC2C)c1. The summed E-state index contributed by atoms with van der Waals surface area (Å²) in [4.78, 5) is 12.0. The normalized spacial score (nSPS) is 25.7. The third kappa shape index (κ3) is 3.58. The van der Waals surface area contributed by atoms with Gasteiger partial charge in [0.05, 0.1) is 6.42 Å². The largest absolute Gasteiger partial charge is 0.461 e. The standard InChI is InChI=1S/C16H24N2O2/c1-10-5-6-11(2)14(7-10)9-20-16(19)8-15-12(3)17-18-13(15)4/h5-7,12-13,15,17-18H,8-9H2,1-4H3. The number of nitrogens with one attached hydrogen (secondary N) is 2. The van der Waals surface area contributed by atoms with Gasteiger partial charge in [0.25, 0.3) is 0 Å². The van der Waals surface area contributed by atoms with Crippen molar-refractivity contribution < 1.29 is 9.53 Å². The van der Waals surface area contributed by atoms with E-state index in [1.807, 2.05) is 13.8 Å². The number of hydrogen-bond donors (Lipinski definition) is 2. The summed E-state index contributed by atoms with van der Waals surface area (Å²) in [5, 5.41) is 0. The van der Waals surface area contributed by atoms with Gasteiger partial charge in [0.15, 0.2) is 0 Å². The highest BCUT2D eigenvalue weighted by atomic mass is 16.5. The van der Waals surface area contributed by atoms with Gasteiger partial charge in [-0.1, -0.05) is 23.8 Å². The second-order valence-electron chi connectivity index (χ2n) is 5.82. The molecule has 4 heteroatoms. The van der Waals surface area contributed by atoms with Crippen molar-refractivity contribution in [1.29, 1.82) is 0 Å². The molecule has 1 heterocycles. The number of hydrogen-bond acceptors (Lipinski definition) is 4. The zero-order valence-electron chi connectivity index (χ0n) is 12.7. The molecular weight excluding hydrogens is 252 g/mol. The van der Waals surface area contributed by atoms with Crippen LogP contribution in [0.3, 0.4) is 0 Å². The van der Waals surface area contributed by atoms with Crippen molar-refractivity contribution in [3.63, 3.8) is 0 Å². The van der Waals surface area contributed by atoms with Crippen molar-refractivity contribution in [2.24, 2.45) is 5.92 Å². The molecule has 4 nitrogen and oxygen atoms in total. The Kier molecular flexibility index (Phi) is 4.78. The van der Waals surface area contributed by atoms with E-state index in [1.54, 1.807) is 0 Å². The first-order valence-corrected chi connectivity index (χ1v) is 7.20. The van der Waals surface area contributed by atoms with Gasteiger partial charge in [-0.25, -0.2) is 0 Å². The van der Waals surface area contributed by atoms with E-state index in [9.17, 15) is 4.79 Å². The Balaban J connectivity index is 1.87. The summed E-state index contributed by atoms with van der Waals surface area (Å²) >= 11 is 0. The van der Waals surface area contributed by atoms with E-state index in [4.69, 9.17) is 4.74 Å². The number of hydrazine groups is 1. The summed E-state index contributed by atoms with van der Waals surface area (Å²) in [6.07, 6.45) is 0.452. The lowest BCUT2D eigenvalue weighted by Crippen LogP contribution is -2.30. The molecule has 110 valence electrons. The maximum absolute atomic E-state index is 12.0. The minimum atomic E-state index is -0.125. The van der Waals surface area contributed by atoms with Crippen LogP contribution in [0.2, 0.25) is 0 Å². The molecule has 0 bridgehead atoms. The van der Waals surface area contributed by atoms with E-state index in [2.05, 4.69) is 42.9 Å². The molecule has 1 aliphatic rings. The molecular formula is C16H24N2O2. The third-order valence-electron chi connectivity index (χ3n) is 4.12.